The number of nitrogens with zero attached hydrogens (tertiary/aromatic N) is 1. The Bertz CT molecular complexity index is 735. The van der Waals surface area contributed by atoms with Gasteiger partial charge >= 0.3 is 0 Å². The number of carbonyl (C=O) groups excluding carboxylic acids is 1. The topological polar surface area (TPSA) is 102 Å². The van der Waals surface area contributed by atoms with Gasteiger partial charge in [0.2, 0.25) is 10.0 Å². The fourth-order valence-electron chi connectivity index (χ4n) is 3.63. The van der Waals surface area contributed by atoms with E-state index in [2.05, 4.69) is 4.72 Å². The van der Waals surface area contributed by atoms with Crippen molar-refractivity contribution in [2.75, 3.05) is 26.2 Å². The van der Waals surface area contributed by atoms with Gasteiger partial charge in [0.25, 0.3) is 5.91 Å². The van der Waals surface area contributed by atoms with E-state index < -0.39 is 10.0 Å². The quantitative estimate of drug-likeness (QED) is 0.727. The first-order chi connectivity index (χ1) is 12.4. The zero-order chi connectivity index (χ0) is 18.7. The molecule has 27 heavy (non-hydrogen) atoms. The Balaban J connectivity index is 0.00000261. The van der Waals surface area contributed by atoms with Gasteiger partial charge in [-0.3, -0.25) is 4.79 Å². The van der Waals surface area contributed by atoms with Crippen LogP contribution in [0, 0.1) is 5.92 Å². The summed E-state index contributed by atoms with van der Waals surface area (Å²) in [6.45, 7) is 4.19. The van der Waals surface area contributed by atoms with Crippen LogP contribution in [0.4, 0.5) is 0 Å². The Labute approximate surface area is 167 Å². The van der Waals surface area contributed by atoms with E-state index in [9.17, 15) is 13.2 Å². The van der Waals surface area contributed by atoms with Crippen molar-refractivity contribution >= 4 is 28.3 Å². The molecule has 1 aromatic rings. The molecular weight excluding hydrogens is 390 g/mol. The van der Waals surface area contributed by atoms with Crippen LogP contribution in [0.3, 0.4) is 0 Å². The van der Waals surface area contributed by atoms with Gasteiger partial charge in [0.15, 0.2) is 0 Å². The normalized spacial score (nSPS) is 25.4. The molecule has 0 saturated carbocycles. The molecule has 2 heterocycles. The summed E-state index contributed by atoms with van der Waals surface area (Å²) in [4.78, 5) is 14.7. The van der Waals surface area contributed by atoms with E-state index in [0.717, 1.165) is 19.3 Å². The van der Waals surface area contributed by atoms with Crippen LogP contribution in [0.2, 0.25) is 0 Å². The Kier molecular flexibility index (Phi) is 7.64. The first kappa shape index (κ1) is 22.1. The van der Waals surface area contributed by atoms with E-state index in [1.165, 1.54) is 12.1 Å². The third kappa shape index (κ3) is 5.20. The Hall–Kier alpha value is -1.19. The van der Waals surface area contributed by atoms with Crippen LogP contribution in [-0.2, 0) is 14.8 Å². The Morgan fingerprint density at radius 2 is 2.04 bits per heavy atom. The monoisotopic (exact) mass is 417 g/mol. The van der Waals surface area contributed by atoms with Crippen LogP contribution in [-0.4, -0.2) is 57.6 Å². The van der Waals surface area contributed by atoms with Gasteiger partial charge in [0.05, 0.1) is 11.0 Å². The molecule has 0 radical (unpaired) electrons. The van der Waals surface area contributed by atoms with Crippen molar-refractivity contribution in [2.45, 2.75) is 43.2 Å². The lowest BCUT2D eigenvalue weighted by Crippen LogP contribution is -2.34. The lowest BCUT2D eigenvalue weighted by atomic mass is 10.1. The summed E-state index contributed by atoms with van der Waals surface area (Å²) in [5.41, 5.74) is 6.21. The molecule has 2 aliphatic heterocycles. The molecule has 2 fully saturated rings. The maximum Gasteiger partial charge on any atom is 0.254 e. The van der Waals surface area contributed by atoms with Crippen LogP contribution in [0.1, 0.15) is 36.5 Å². The molecule has 1 aromatic carbocycles. The maximum absolute atomic E-state index is 12.7. The first-order valence-electron chi connectivity index (χ1n) is 9.13. The third-order valence-corrected chi connectivity index (χ3v) is 6.63. The SMILES string of the molecule is CC1CC(CN)CN1C(=O)c1ccc(S(=O)(=O)NCC2CCCO2)cc1.Cl. The number of nitrogens with two attached hydrogens (primary N) is 1. The number of sulfonamides is 1. The Morgan fingerprint density at radius 1 is 1.33 bits per heavy atom. The number of likely N-dealkylation sites (tertiary alicyclic amines) is 1. The summed E-state index contributed by atoms with van der Waals surface area (Å²) in [5.74, 6) is 0.250. The highest BCUT2D eigenvalue weighted by atomic mass is 35.5. The number of rotatable bonds is 6. The molecular formula is C18H28ClN3O4S. The molecule has 3 N–H and O–H groups in total. The lowest BCUT2D eigenvalue weighted by molar-refractivity contribution is 0.0743. The van der Waals surface area contributed by atoms with Gasteiger partial charge < -0.3 is 15.4 Å². The third-order valence-electron chi connectivity index (χ3n) is 5.19. The molecule has 0 spiro atoms. The minimum absolute atomic E-state index is 0. The molecule has 2 aliphatic rings. The van der Waals surface area contributed by atoms with E-state index in [-0.39, 0.29) is 41.9 Å². The number of carbonyl (C=O) groups is 1. The van der Waals surface area contributed by atoms with Crippen LogP contribution in [0.25, 0.3) is 0 Å². The van der Waals surface area contributed by atoms with Crippen molar-refractivity contribution < 1.29 is 17.9 Å². The number of hydrogen-bond donors (Lipinski definition) is 2. The maximum atomic E-state index is 12.7. The van der Waals surface area contributed by atoms with E-state index >= 15 is 0 Å². The molecule has 3 unspecified atom stereocenters. The summed E-state index contributed by atoms with van der Waals surface area (Å²) in [6.07, 6.45) is 2.68. The highest BCUT2D eigenvalue weighted by Gasteiger charge is 2.32. The molecule has 2 saturated heterocycles. The van der Waals surface area contributed by atoms with Gasteiger partial charge in [0, 0.05) is 31.3 Å². The predicted molar refractivity (Wildman–Crippen MR) is 106 cm³/mol. The zero-order valence-electron chi connectivity index (χ0n) is 15.5. The standard InChI is InChI=1S/C18H27N3O4S.ClH/c1-13-9-14(10-19)12-21(13)18(22)15-4-6-17(7-5-15)26(23,24)20-11-16-3-2-8-25-16;/h4-7,13-14,16,20H,2-3,8-12,19H2,1H3;1H. The molecule has 0 aromatic heterocycles. The average molecular weight is 418 g/mol. The fraction of sp³-hybridized carbons (Fsp3) is 0.611. The molecule has 9 heteroatoms. The van der Waals surface area contributed by atoms with E-state index in [1.807, 2.05) is 11.8 Å². The minimum Gasteiger partial charge on any atom is -0.377 e. The number of ether oxygens (including phenoxy) is 1. The number of amides is 1. The molecule has 0 aliphatic carbocycles. The largest absolute Gasteiger partial charge is 0.377 e. The molecule has 3 rings (SSSR count). The van der Waals surface area contributed by atoms with Crippen molar-refractivity contribution in [2.24, 2.45) is 11.7 Å². The summed E-state index contributed by atoms with van der Waals surface area (Å²) < 4.78 is 32.8. The second-order valence-electron chi connectivity index (χ2n) is 7.16. The van der Waals surface area contributed by atoms with Gasteiger partial charge in [-0.1, -0.05) is 0 Å². The van der Waals surface area contributed by atoms with Gasteiger partial charge in [-0.25, -0.2) is 13.1 Å². The number of halogens is 1. The van der Waals surface area contributed by atoms with Gasteiger partial charge in [-0.05, 0) is 62.9 Å². The average Bonchev–Trinajstić information content (AvgIpc) is 3.29. The van der Waals surface area contributed by atoms with E-state index in [1.54, 1.807) is 12.1 Å². The zero-order valence-corrected chi connectivity index (χ0v) is 17.1. The van der Waals surface area contributed by atoms with Crippen molar-refractivity contribution in [3.63, 3.8) is 0 Å². The van der Waals surface area contributed by atoms with Crippen LogP contribution in [0.5, 0.6) is 0 Å². The highest BCUT2D eigenvalue weighted by Crippen LogP contribution is 2.24. The van der Waals surface area contributed by atoms with Crippen molar-refractivity contribution in [1.29, 1.82) is 0 Å². The first-order valence-corrected chi connectivity index (χ1v) is 10.6. The van der Waals surface area contributed by atoms with Gasteiger partial charge in [-0.15, -0.1) is 12.4 Å². The van der Waals surface area contributed by atoms with Crippen LogP contribution in [0.15, 0.2) is 29.2 Å². The predicted octanol–water partition coefficient (Wildman–Crippen LogP) is 1.38. The number of nitrogens with one attached hydrogen (secondary N) is 1. The summed E-state index contributed by atoms with van der Waals surface area (Å²) >= 11 is 0. The van der Waals surface area contributed by atoms with E-state index in [4.69, 9.17) is 10.5 Å². The Morgan fingerprint density at radius 3 is 2.59 bits per heavy atom. The molecule has 1 amide bonds. The van der Waals surface area contributed by atoms with Crippen molar-refractivity contribution in [3.8, 4) is 0 Å². The van der Waals surface area contributed by atoms with Crippen molar-refractivity contribution in [1.82, 2.24) is 9.62 Å². The summed E-state index contributed by atoms with van der Waals surface area (Å²) in [7, 11) is -3.60. The summed E-state index contributed by atoms with van der Waals surface area (Å²) in [5, 5.41) is 0. The summed E-state index contributed by atoms with van der Waals surface area (Å²) in [6, 6.07) is 6.25. The van der Waals surface area contributed by atoms with E-state index in [0.29, 0.717) is 31.2 Å². The number of benzene rings is 1. The second-order valence-corrected chi connectivity index (χ2v) is 8.92. The van der Waals surface area contributed by atoms with Crippen LogP contribution < -0.4 is 10.5 Å². The van der Waals surface area contributed by atoms with Crippen LogP contribution >= 0.6 is 12.4 Å². The molecule has 152 valence electrons. The highest BCUT2D eigenvalue weighted by molar-refractivity contribution is 7.89. The van der Waals surface area contributed by atoms with Gasteiger partial charge in [0.1, 0.15) is 0 Å². The number of hydrogen-bond acceptors (Lipinski definition) is 5. The molecule has 7 nitrogen and oxygen atoms in total. The minimum atomic E-state index is -3.60. The smallest absolute Gasteiger partial charge is 0.254 e. The van der Waals surface area contributed by atoms with Crippen molar-refractivity contribution in [3.05, 3.63) is 29.8 Å². The fourth-order valence-corrected chi connectivity index (χ4v) is 4.70. The molecule has 3 atom stereocenters. The second kappa shape index (κ2) is 9.34. The lowest BCUT2D eigenvalue weighted by Gasteiger charge is -2.21. The van der Waals surface area contributed by atoms with Gasteiger partial charge in [-0.2, -0.15) is 0 Å². The molecule has 0 bridgehead atoms.